The third kappa shape index (κ3) is 3.09. The fourth-order valence-electron chi connectivity index (χ4n) is 2.92. The highest BCUT2D eigenvalue weighted by atomic mass is 79.9. The van der Waals surface area contributed by atoms with E-state index in [9.17, 15) is 4.79 Å². The Kier molecular flexibility index (Phi) is 4.13. The molecule has 1 aromatic carbocycles. The molecule has 0 spiro atoms. The molecule has 3 aromatic rings. The first-order chi connectivity index (χ1) is 12.0. The van der Waals surface area contributed by atoms with Gasteiger partial charge in [0.05, 0.1) is 0 Å². The van der Waals surface area contributed by atoms with Gasteiger partial charge in [-0.05, 0) is 52.7 Å². The largest absolute Gasteiger partial charge is 0.444 e. The number of hydrogen-bond donors (Lipinski definition) is 0. The number of rotatable bonds is 3. The molecule has 0 aliphatic carbocycles. The highest BCUT2D eigenvalue weighted by molar-refractivity contribution is 9.10. The molecule has 0 N–H and O–H groups in total. The number of carbonyl (C=O) groups is 1. The molecule has 8 heteroatoms. The number of halogens is 2. The first-order valence-electron chi connectivity index (χ1n) is 7.67. The number of aromatic nitrogens is 2. The van der Waals surface area contributed by atoms with E-state index in [4.69, 9.17) is 20.5 Å². The van der Waals surface area contributed by atoms with Gasteiger partial charge in [-0.3, -0.25) is 4.79 Å². The number of nitrogens with zero attached hydrogens (tertiary/aromatic N) is 3. The molecule has 1 fully saturated rings. The third-order valence-electron chi connectivity index (χ3n) is 4.18. The van der Waals surface area contributed by atoms with Gasteiger partial charge in [0.2, 0.25) is 5.91 Å². The van der Waals surface area contributed by atoms with Gasteiger partial charge >= 0.3 is 0 Å². The number of anilines is 1. The van der Waals surface area contributed by atoms with E-state index in [1.807, 2.05) is 19.1 Å². The number of amides is 1. The van der Waals surface area contributed by atoms with Crippen molar-refractivity contribution in [2.75, 3.05) is 11.4 Å². The molecule has 128 valence electrons. The van der Waals surface area contributed by atoms with Gasteiger partial charge in [-0.1, -0.05) is 22.8 Å². The van der Waals surface area contributed by atoms with Gasteiger partial charge in [0.15, 0.2) is 16.3 Å². The summed E-state index contributed by atoms with van der Waals surface area (Å²) in [6.45, 7) is 2.44. The van der Waals surface area contributed by atoms with Crippen LogP contribution in [0, 0.1) is 6.92 Å². The van der Waals surface area contributed by atoms with E-state index >= 15 is 0 Å². The average Bonchev–Trinajstić information content (AvgIpc) is 3.29. The molecule has 4 rings (SSSR count). The first-order valence-corrected chi connectivity index (χ1v) is 8.84. The minimum atomic E-state index is -0.137. The second kappa shape index (κ2) is 6.31. The van der Waals surface area contributed by atoms with Crippen LogP contribution in [0.15, 0.2) is 43.9 Å². The number of aryl methyl sites for hydroxylation is 1. The standard InChI is InChI=1S/C17H13BrClN3O3/c1-9-2-3-11(19)7-12(9)22-8-10(6-15(22)23)16-20-17(25-21-16)13-4-5-14(18)24-13/h2-5,7,10H,6,8H2,1H3. The second-order valence-corrected chi connectivity index (χ2v) is 7.12. The predicted octanol–water partition coefficient (Wildman–Crippen LogP) is 4.57. The van der Waals surface area contributed by atoms with Crippen molar-refractivity contribution in [2.45, 2.75) is 19.3 Å². The monoisotopic (exact) mass is 421 g/mol. The Labute approximate surface area is 156 Å². The van der Waals surface area contributed by atoms with Crippen LogP contribution < -0.4 is 4.90 Å². The molecule has 1 aliphatic rings. The quantitative estimate of drug-likeness (QED) is 0.618. The van der Waals surface area contributed by atoms with Crippen LogP contribution in [-0.2, 0) is 4.79 Å². The highest BCUT2D eigenvalue weighted by Gasteiger charge is 2.35. The van der Waals surface area contributed by atoms with E-state index in [1.54, 1.807) is 23.1 Å². The maximum absolute atomic E-state index is 12.5. The van der Waals surface area contributed by atoms with Crippen LogP contribution in [0.5, 0.6) is 0 Å². The number of benzene rings is 1. The summed E-state index contributed by atoms with van der Waals surface area (Å²) in [5.74, 6) is 1.16. The Balaban J connectivity index is 1.58. The number of carbonyl (C=O) groups excluding carboxylic acids is 1. The Morgan fingerprint density at radius 3 is 2.92 bits per heavy atom. The summed E-state index contributed by atoms with van der Waals surface area (Å²) in [4.78, 5) is 18.6. The van der Waals surface area contributed by atoms with Crippen LogP contribution in [0.1, 0.15) is 23.7 Å². The zero-order valence-electron chi connectivity index (χ0n) is 13.2. The van der Waals surface area contributed by atoms with Crippen molar-refractivity contribution >= 4 is 39.1 Å². The Hall–Kier alpha value is -2.12. The molecule has 0 radical (unpaired) electrons. The predicted molar refractivity (Wildman–Crippen MR) is 95.6 cm³/mol. The van der Waals surface area contributed by atoms with E-state index in [0.717, 1.165) is 11.3 Å². The van der Waals surface area contributed by atoms with Crippen LogP contribution in [0.25, 0.3) is 11.7 Å². The molecular formula is C17H13BrClN3O3. The van der Waals surface area contributed by atoms with Crippen molar-refractivity contribution in [3.05, 3.63) is 51.4 Å². The van der Waals surface area contributed by atoms with Gasteiger partial charge in [0, 0.05) is 29.6 Å². The Bertz CT molecular complexity index is 952. The third-order valence-corrected chi connectivity index (χ3v) is 4.84. The van der Waals surface area contributed by atoms with Crippen molar-refractivity contribution in [1.29, 1.82) is 0 Å². The van der Waals surface area contributed by atoms with Gasteiger partial charge < -0.3 is 13.8 Å². The topological polar surface area (TPSA) is 72.4 Å². The lowest BCUT2D eigenvalue weighted by Crippen LogP contribution is -2.25. The second-order valence-electron chi connectivity index (χ2n) is 5.90. The zero-order valence-corrected chi connectivity index (χ0v) is 15.5. The van der Waals surface area contributed by atoms with Gasteiger partial charge in [-0.15, -0.1) is 0 Å². The van der Waals surface area contributed by atoms with Gasteiger partial charge in [0.25, 0.3) is 5.89 Å². The molecule has 1 atom stereocenters. The van der Waals surface area contributed by atoms with Crippen molar-refractivity contribution in [1.82, 2.24) is 10.1 Å². The molecule has 1 saturated heterocycles. The maximum atomic E-state index is 12.5. The molecule has 6 nitrogen and oxygen atoms in total. The van der Waals surface area contributed by atoms with Crippen molar-refractivity contribution in [2.24, 2.45) is 0 Å². The van der Waals surface area contributed by atoms with E-state index in [0.29, 0.717) is 40.1 Å². The minimum Gasteiger partial charge on any atom is -0.444 e. The summed E-state index contributed by atoms with van der Waals surface area (Å²) in [6, 6.07) is 9.01. The van der Waals surface area contributed by atoms with Gasteiger partial charge in [0.1, 0.15) is 0 Å². The van der Waals surface area contributed by atoms with Crippen LogP contribution in [-0.4, -0.2) is 22.6 Å². The molecule has 25 heavy (non-hydrogen) atoms. The Morgan fingerprint density at radius 1 is 1.32 bits per heavy atom. The average molecular weight is 423 g/mol. The van der Waals surface area contributed by atoms with Crippen LogP contribution in [0.2, 0.25) is 5.02 Å². The van der Waals surface area contributed by atoms with Crippen LogP contribution in [0.4, 0.5) is 5.69 Å². The molecule has 0 bridgehead atoms. The van der Waals surface area contributed by atoms with E-state index in [1.165, 1.54) is 0 Å². The summed E-state index contributed by atoms with van der Waals surface area (Å²) in [6.07, 6.45) is 0.326. The summed E-state index contributed by atoms with van der Waals surface area (Å²) >= 11 is 9.32. The SMILES string of the molecule is Cc1ccc(Cl)cc1N1CC(c2noc(-c3ccc(Br)o3)n2)CC1=O. The molecule has 3 heterocycles. The van der Waals surface area contributed by atoms with E-state index in [-0.39, 0.29) is 11.8 Å². The number of furan rings is 1. The first kappa shape index (κ1) is 16.4. The molecule has 1 unspecified atom stereocenters. The zero-order chi connectivity index (χ0) is 17.6. The fourth-order valence-corrected chi connectivity index (χ4v) is 3.39. The molecule has 2 aromatic heterocycles. The van der Waals surface area contributed by atoms with Crippen LogP contribution >= 0.6 is 27.5 Å². The lowest BCUT2D eigenvalue weighted by atomic mass is 10.1. The molecule has 1 amide bonds. The summed E-state index contributed by atoms with van der Waals surface area (Å²) in [5, 5.41) is 4.62. The number of hydrogen-bond acceptors (Lipinski definition) is 5. The summed E-state index contributed by atoms with van der Waals surface area (Å²) in [7, 11) is 0. The van der Waals surface area contributed by atoms with Gasteiger partial charge in [-0.2, -0.15) is 4.98 Å². The summed E-state index contributed by atoms with van der Waals surface area (Å²) in [5.41, 5.74) is 1.81. The normalized spacial score (nSPS) is 17.5. The summed E-state index contributed by atoms with van der Waals surface area (Å²) < 4.78 is 11.3. The van der Waals surface area contributed by atoms with Crippen molar-refractivity contribution in [3.63, 3.8) is 0 Å². The van der Waals surface area contributed by atoms with Crippen LogP contribution in [0.3, 0.4) is 0 Å². The highest BCUT2D eigenvalue weighted by Crippen LogP contribution is 2.34. The van der Waals surface area contributed by atoms with Crippen molar-refractivity contribution < 1.29 is 13.7 Å². The molecule has 1 aliphatic heterocycles. The smallest absolute Gasteiger partial charge is 0.293 e. The minimum absolute atomic E-state index is 0.0162. The lowest BCUT2D eigenvalue weighted by molar-refractivity contribution is -0.117. The fraction of sp³-hybridized carbons (Fsp3) is 0.235. The van der Waals surface area contributed by atoms with E-state index in [2.05, 4.69) is 26.1 Å². The molecular weight excluding hydrogens is 410 g/mol. The van der Waals surface area contributed by atoms with Gasteiger partial charge in [-0.25, -0.2) is 0 Å². The Morgan fingerprint density at radius 2 is 2.16 bits per heavy atom. The van der Waals surface area contributed by atoms with Crippen molar-refractivity contribution in [3.8, 4) is 11.7 Å². The maximum Gasteiger partial charge on any atom is 0.293 e. The molecule has 0 saturated carbocycles. The van der Waals surface area contributed by atoms with E-state index < -0.39 is 0 Å². The lowest BCUT2D eigenvalue weighted by Gasteiger charge is -2.19.